The van der Waals surface area contributed by atoms with Crippen molar-refractivity contribution in [2.24, 2.45) is 16.0 Å². The molecule has 0 fully saturated rings. The summed E-state index contributed by atoms with van der Waals surface area (Å²) in [5, 5.41) is 10.6. The maximum Gasteiger partial charge on any atom is 0.239 e. The van der Waals surface area contributed by atoms with E-state index in [0.29, 0.717) is 11.4 Å². The minimum atomic E-state index is -0.376. The second kappa shape index (κ2) is 6.39. The Hall–Kier alpha value is -2.80. The lowest BCUT2D eigenvalue weighted by atomic mass is 10.3. The number of hydrogen-bond donors (Lipinski definition) is 3. The van der Waals surface area contributed by atoms with E-state index >= 15 is 0 Å². The molecule has 2 rings (SSSR count). The van der Waals surface area contributed by atoms with Gasteiger partial charge in [0, 0.05) is 0 Å². The highest BCUT2D eigenvalue weighted by atomic mass is 16.1. The van der Waals surface area contributed by atoms with Crippen LogP contribution in [0.3, 0.4) is 0 Å². The van der Waals surface area contributed by atoms with E-state index < -0.39 is 0 Å². The Bertz CT molecular complexity index is 626. The summed E-state index contributed by atoms with van der Waals surface area (Å²) in [6.07, 6.45) is 0. The topological polar surface area (TPSA) is 119 Å². The summed E-state index contributed by atoms with van der Waals surface area (Å²) in [5.74, 6) is 0.135. The number of nitrogens with one attached hydrogen (secondary N) is 1. The van der Waals surface area contributed by atoms with E-state index in [0.717, 1.165) is 0 Å². The summed E-state index contributed by atoms with van der Waals surface area (Å²) in [4.78, 5) is 15.3. The van der Waals surface area contributed by atoms with Crippen molar-refractivity contribution < 1.29 is 4.79 Å². The molecule has 0 aliphatic carbocycles. The number of carbonyl (C=O) groups is 1. The quantitative estimate of drug-likeness (QED) is 0.736. The zero-order valence-corrected chi connectivity index (χ0v) is 10.7. The Kier molecular flexibility index (Phi) is 4.35. The summed E-state index contributed by atoms with van der Waals surface area (Å²) in [6.45, 7) is -0.147. The third-order valence-corrected chi connectivity index (χ3v) is 2.37. The van der Waals surface area contributed by atoms with Gasteiger partial charge in [-0.2, -0.15) is 5.11 Å². The van der Waals surface area contributed by atoms with Crippen molar-refractivity contribution in [3.63, 3.8) is 0 Å². The van der Waals surface area contributed by atoms with Crippen molar-refractivity contribution in [3.05, 3.63) is 42.5 Å². The summed E-state index contributed by atoms with van der Waals surface area (Å²) in [5.41, 5.74) is 11.9. The largest absolute Gasteiger partial charge is 0.384 e. The van der Waals surface area contributed by atoms with Crippen LogP contribution < -0.4 is 16.8 Å². The molecule has 1 aromatic carbocycles. The molecule has 0 spiro atoms. The monoisotopic (exact) mass is 270 g/mol. The zero-order valence-electron chi connectivity index (χ0n) is 10.7. The Morgan fingerprint density at radius 1 is 1.15 bits per heavy atom. The molecule has 0 saturated carbocycles. The highest BCUT2D eigenvalue weighted by Gasteiger charge is 2.07. The first-order valence-electron chi connectivity index (χ1n) is 5.92. The molecule has 2 aromatic rings. The second-order valence-corrected chi connectivity index (χ2v) is 3.89. The average molecular weight is 270 g/mol. The Morgan fingerprint density at radius 2 is 1.90 bits per heavy atom. The van der Waals surface area contributed by atoms with E-state index in [2.05, 4.69) is 20.5 Å². The lowest BCUT2D eigenvalue weighted by molar-refractivity contribution is -0.114. The molecule has 7 heteroatoms. The van der Waals surface area contributed by atoms with Gasteiger partial charge in [0.2, 0.25) is 5.91 Å². The minimum absolute atomic E-state index is 0.147. The van der Waals surface area contributed by atoms with Gasteiger partial charge in [-0.1, -0.05) is 18.2 Å². The predicted molar refractivity (Wildman–Crippen MR) is 77.0 cm³/mol. The van der Waals surface area contributed by atoms with E-state index in [4.69, 9.17) is 11.5 Å². The summed E-state index contributed by atoms with van der Waals surface area (Å²) in [6, 6.07) is 12.4. The van der Waals surface area contributed by atoms with Crippen LogP contribution in [0.2, 0.25) is 0 Å². The highest BCUT2D eigenvalue weighted by molar-refractivity contribution is 5.93. The number of benzene rings is 1. The number of carbonyl (C=O) groups excluding carboxylic acids is 1. The predicted octanol–water partition coefficient (Wildman–Crippen LogP) is 1.98. The van der Waals surface area contributed by atoms with Crippen molar-refractivity contribution in [2.75, 3.05) is 17.6 Å². The number of azo groups is 1. The van der Waals surface area contributed by atoms with Crippen LogP contribution >= 0.6 is 0 Å². The zero-order chi connectivity index (χ0) is 14.4. The minimum Gasteiger partial charge on any atom is -0.384 e. The van der Waals surface area contributed by atoms with E-state index in [1.165, 1.54) is 0 Å². The van der Waals surface area contributed by atoms with Crippen LogP contribution in [0.1, 0.15) is 0 Å². The van der Waals surface area contributed by atoms with Gasteiger partial charge in [-0.25, -0.2) is 4.98 Å². The normalized spacial score (nSPS) is 10.7. The molecule has 0 atom stereocenters. The molecule has 0 bridgehead atoms. The van der Waals surface area contributed by atoms with E-state index in [1.54, 1.807) is 12.1 Å². The fraction of sp³-hybridized carbons (Fsp3) is 0.0769. The maximum atomic E-state index is 11.3. The van der Waals surface area contributed by atoms with Crippen LogP contribution in [0.4, 0.5) is 23.0 Å². The highest BCUT2D eigenvalue weighted by Crippen LogP contribution is 2.26. The maximum absolute atomic E-state index is 11.3. The van der Waals surface area contributed by atoms with Crippen molar-refractivity contribution in [2.45, 2.75) is 0 Å². The molecular formula is C13H14N6O. The van der Waals surface area contributed by atoms with Crippen molar-refractivity contribution in [1.29, 1.82) is 0 Å². The van der Waals surface area contributed by atoms with Crippen molar-refractivity contribution >= 4 is 28.9 Å². The molecule has 0 aliphatic rings. The molecule has 102 valence electrons. The fourth-order valence-electron chi connectivity index (χ4n) is 1.43. The molecule has 0 unspecified atom stereocenters. The summed E-state index contributed by atoms with van der Waals surface area (Å²) >= 11 is 0. The van der Waals surface area contributed by atoms with E-state index in [9.17, 15) is 4.79 Å². The first-order valence-corrected chi connectivity index (χ1v) is 5.92. The lowest BCUT2D eigenvalue weighted by Crippen LogP contribution is -2.22. The number of amides is 1. The Morgan fingerprint density at radius 3 is 2.60 bits per heavy atom. The van der Waals surface area contributed by atoms with Crippen LogP contribution in [-0.4, -0.2) is 17.4 Å². The molecule has 7 nitrogen and oxygen atoms in total. The van der Waals surface area contributed by atoms with Crippen LogP contribution in [0, 0.1) is 0 Å². The van der Waals surface area contributed by atoms with Gasteiger partial charge in [-0.15, -0.1) is 5.11 Å². The number of hydrogen-bond acceptors (Lipinski definition) is 6. The van der Waals surface area contributed by atoms with Crippen LogP contribution in [0.15, 0.2) is 52.7 Å². The molecular weight excluding hydrogens is 256 g/mol. The first-order chi connectivity index (χ1) is 9.69. The third-order valence-electron chi connectivity index (χ3n) is 2.37. The number of nitrogens with two attached hydrogens (primary N) is 2. The average Bonchev–Trinajstić information content (AvgIpc) is 2.47. The summed E-state index contributed by atoms with van der Waals surface area (Å²) < 4.78 is 0. The number of rotatable bonds is 4. The number of nitrogen functional groups attached to an aromatic ring is 1. The number of nitrogens with zero attached hydrogens (tertiary/aromatic N) is 3. The Labute approximate surface area is 115 Å². The molecule has 1 amide bonds. The third kappa shape index (κ3) is 3.59. The molecule has 20 heavy (non-hydrogen) atoms. The van der Waals surface area contributed by atoms with Crippen molar-refractivity contribution in [1.82, 2.24) is 4.98 Å². The van der Waals surface area contributed by atoms with Crippen LogP contribution in [0.25, 0.3) is 0 Å². The summed E-state index contributed by atoms with van der Waals surface area (Å²) in [7, 11) is 0. The van der Waals surface area contributed by atoms with Crippen LogP contribution in [-0.2, 0) is 4.79 Å². The van der Waals surface area contributed by atoms with Gasteiger partial charge in [-0.05, 0) is 24.3 Å². The SMILES string of the molecule is NCC(=O)Nc1nc(N)ccc1N=Nc1ccccc1. The van der Waals surface area contributed by atoms with Gasteiger partial charge in [0.1, 0.15) is 11.5 Å². The van der Waals surface area contributed by atoms with Crippen molar-refractivity contribution in [3.8, 4) is 0 Å². The Balaban J connectivity index is 2.27. The number of pyridine rings is 1. The van der Waals surface area contributed by atoms with E-state index in [-0.39, 0.29) is 24.1 Å². The molecule has 0 aliphatic heterocycles. The van der Waals surface area contributed by atoms with Gasteiger partial charge in [0.15, 0.2) is 5.82 Å². The molecule has 0 radical (unpaired) electrons. The lowest BCUT2D eigenvalue weighted by Gasteiger charge is -2.06. The second-order valence-electron chi connectivity index (χ2n) is 3.89. The van der Waals surface area contributed by atoms with Gasteiger partial charge >= 0.3 is 0 Å². The van der Waals surface area contributed by atoms with Gasteiger partial charge in [0.25, 0.3) is 0 Å². The first kappa shape index (κ1) is 13.6. The number of anilines is 2. The smallest absolute Gasteiger partial charge is 0.239 e. The van der Waals surface area contributed by atoms with Gasteiger partial charge < -0.3 is 16.8 Å². The molecule has 5 N–H and O–H groups in total. The number of aromatic nitrogens is 1. The van der Waals surface area contributed by atoms with Gasteiger partial charge in [-0.3, -0.25) is 4.79 Å². The van der Waals surface area contributed by atoms with Crippen LogP contribution in [0.5, 0.6) is 0 Å². The van der Waals surface area contributed by atoms with Gasteiger partial charge in [0.05, 0.1) is 12.2 Å². The molecule has 1 heterocycles. The molecule has 1 aromatic heterocycles. The fourth-order valence-corrected chi connectivity index (χ4v) is 1.43. The standard InChI is InChI=1S/C13H14N6O/c14-8-12(20)17-13-10(6-7-11(15)16-13)19-18-9-4-2-1-3-5-9/h1-7H,8,14H2,(H3,15,16,17,20). The molecule has 0 saturated heterocycles. The van der Waals surface area contributed by atoms with E-state index in [1.807, 2.05) is 30.3 Å².